The lowest BCUT2D eigenvalue weighted by atomic mass is 10.1. The van der Waals surface area contributed by atoms with Gasteiger partial charge in [0.1, 0.15) is 5.82 Å². The first-order valence-corrected chi connectivity index (χ1v) is 9.32. The Labute approximate surface area is 160 Å². The highest BCUT2D eigenvalue weighted by molar-refractivity contribution is 9.10. The summed E-state index contributed by atoms with van der Waals surface area (Å²) in [6.07, 6.45) is 0. The summed E-state index contributed by atoms with van der Waals surface area (Å²) >= 11 is 4.86. The second-order valence-electron chi connectivity index (χ2n) is 5.69. The maximum absolute atomic E-state index is 13.1. The number of fused-ring (bicyclic) bond motifs is 1. The van der Waals surface area contributed by atoms with Crippen molar-refractivity contribution < 1.29 is 14.3 Å². The van der Waals surface area contributed by atoms with Gasteiger partial charge in [-0.3, -0.25) is 0 Å². The van der Waals surface area contributed by atoms with E-state index in [-0.39, 0.29) is 11.4 Å². The largest absolute Gasteiger partial charge is 0.478 e. The van der Waals surface area contributed by atoms with Crippen molar-refractivity contribution in [3.8, 4) is 21.0 Å². The molecule has 0 saturated heterocycles. The number of aromatic nitrogens is 1. The average Bonchev–Trinajstić information content (AvgIpc) is 3.11. The molecule has 0 aliphatic rings. The van der Waals surface area contributed by atoms with E-state index in [4.69, 9.17) is 0 Å². The highest BCUT2D eigenvalue weighted by Crippen LogP contribution is 2.35. The summed E-state index contributed by atoms with van der Waals surface area (Å²) in [6, 6.07) is 17.1. The molecule has 0 fully saturated rings. The zero-order valence-corrected chi connectivity index (χ0v) is 15.6. The number of pyridine rings is 1. The van der Waals surface area contributed by atoms with Gasteiger partial charge < -0.3 is 5.11 Å². The van der Waals surface area contributed by atoms with Gasteiger partial charge in [-0.2, -0.15) is 0 Å². The van der Waals surface area contributed by atoms with E-state index in [1.807, 2.05) is 18.2 Å². The van der Waals surface area contributed by atoms with Crippen LogP contribution in [0.3, 0.4) is 0 Å². The Hall–Kier alpha value is -2.57. The maximum Gasteiger partial charge on any atom is 0.336 e. The van der Waals surface area contributed by atoms with Gasteiger partial charge in [0.2, 0.25) is 0 Å². The Bertz CT molecular complexity index is 1140. The molecule has 2 heterocycles. The third-order valence-electron chi connectivity index (χ3n) is 3.99. The van der Waals surface area contributed by atoms with Crippen LogP contribution in [0.2, 0.25) is 0 Å². The Morgan fingerprint density at radius 3 is 2.46 bits per heavy atom. The van der Waals surface area contributed by atoms with Crippen molar-refractivity contribution in [1.82, 2.24) is 4.98 Å². The van der Waals surface area contributed by atoms with Gasteiger partial charge in [0.15, 0.2) is 0 Å². The number of thiophene rings is 1. The molecule has 0 bridgehead atoms. The molecule has 0 saturated carbocycles. The molecule has 3 nitrogen and oxygen atoms in total. The Morgan fingerprint density at radius 1 is 1.00 bits per heavy atom. The van der Waals surface area contributed by atoms with Gasteiger partial charge in [0, 0.05) is 14.7 Å². The maximum atomic E-state index is 13.1. The number of carbonyl (C=O) groups is 1. The molecule has 0 aliphatic carbocycles. The number of hydrogen-bond donors (Lipinski definition) is 1. The van der Waals surface area contributed by atoms with Crippen molar-refractivity contribution in [2.45, 2.75) is 0 Å². The smallest absolute Gasteiger partial charge is 0.336 e. The van der Waals surface area contributed by atoms with Crippen LogP contribution in [0.4, 0.5) is 4.39 Å². The Balaban J connectivity index is 1.83. The summed E-state index contributed by atoms with van der Waals surface area (Å²) in [6.45, 7) is 0. The first-order valence-electron chi connectivity index (χ1n) is 7.71. The van der Waals surface area contributed by atoms with Crippen LogP contribution in [0.15, 0.2) is 65.1 Å². The minimum Gasteiger partial charge on any atom is -0.478 e. The van der Waals surface area contributed by atoms with Gasteiger partial charge in [-0.25, -0.2) is 14.2 Å². The number of benzene rings is 2. The third kappa shape index (κ3) is 3.13. The molecule has 4 rings (SSSR count). The monoisotopic (exact) mass is 427 g/mol. The first kappa shape index (κ1) is 16.9. The Kier molecular flexibility index (Phi) is 4.30. The van der Waals surface area contributed by atoms with E-state index in [9.17, 15) is 14.3 Å². The topological polar surface area (TPSA) is 50.2 Å². The number of aromatic carboxylic acids is 1. The van der Waals surface area contributed by atoms with Crippen LogP contribution in [0.1, 0.15) is 10.4 Å². The van der Waals surface area contributed by atoms with Crippen LogP contribution in [-0.4, -0.2) is 16.1 Å². The summed E-state index contributed by atoms with van der Waals surface area (Å²) in [4.78, 5) is 18.1. The van der Waals surface area contributed by atoms with Gasteiger partial charge in [0.05, 0.1) is 21.7 Å². The minimum atomic E-state index is -0.993. The molecule has 26 heavy (non-hydrogen) atoms. The predicted molar refractivity (Wildman–Crippen MR) is 105 cm³/mol. The summed E-state index contributed by atoms with van der Waals surface area (Å²) < 4.78 is 13.9. The van der Waals surface area contributed by atoms with E-state index in [0.717, 1.165) is 19.8 Å². The fraction of sp³-hybridized carbons (Fsp3) is 0. The second kappa shape index (κ2) is 6.63. The van der Waals surface area contributed by atoms with Crippen molar-refractivity contribution in [1.29, 1.82) is 0 Å². The predicted octanol–water partition coefficient (Wildman–Crippen LogP) is 6.23. The molecule has 1 N–H and O–H groups in total. The highest BCUT2D eigenvalue weighted by Gasteiger charge is 2.15. The van der Waals surface area contributed by atoms with Crippen LogP contribution >= 0.6 is 27.3 Å². The lowest BCUT2D eigenvalue weighted by Crippen LogP contribution is -2.00. The quantitative estimate of drug-likeness (QED) is 0.421. The molecule has 0 radical (unpaired) electrons. The van der Waals surface area contributed by atoms with Crippen LogP contribution in [0, 0.1) is 5.82 Å². The molecule has 4 aromatic rings. The number of rotatable bonds is 3. The normalized spacial score (nSPS) is 11.0. The molecule has 128 valence electrons. The lowest BCUT2D eigenvalue weighted by Gasteiger charge is -2.06. The van der Waals surface area contributed by atoms with Crippen molar-refractivity contribution in [3.05, 3.63) is 76.5 Å². The zero-order valence-electron chi connectivity index (χ0n) is 13.2. The molecular weight excluding hydrogens is 417 g/mol. The van der Waals surface area contributed by atoms with Gasteiger partial charge in [0.25, 0.3) is 0 Å². The standard InChI is InChI=1S/C20H11BrFNO2S/c21-12-3-6-16-14(9-12)15(20(24)25)10-17(23-16)19-8-7-18(26-19)11-1-4-13(22)5-2-11/h1-10H,(H,24,25). The SMILES string of the molecule is O=C(O)c1cc(-c2ccc(-c3ccc(F)cc3)s2)nc2ccc(Br)cc12. The van der Waals surface area contributed by atoms with Crippen molar-refractivity contribution in [3.63, 3.8) is 0 Å². The van der Waals surface area contributed by atoms with Crippen molar-refractivity contribution in [2.24, 2.45) is 0 Å². The second-order valence-corrected chi connectivity index (χ2v) is 7.69. The molecule has 0 unspecified atom stereocenters. The number of nitrogens with zero attached hydrogens (tertiary/aromatic N) is 1. The zero-order chi connectivity index (χ0) is 18.3. The lowest BCUT2D eigenvalue weighted by molar-refractivity contribution is 0.0699. The van der Waals surface area contributed by atoms with Crippen molar-refractivity contribution >= 4 is 44.1 Å². The van der Waals surface area contributed by atoms with Gasteiger partial charge in [-0.1, -0.05) is 28.1 Å². The molecule has 2 aromatic carbocycles. The molecule has 6 heteroatoms. The fourth-order valence-electron chi connectivity index (χ4n) is 2.75. The fourth-order valence-corrected chi connectivity index (χ4v) is 4.08. The number of halogens is 2. The minimum absolute atomic E-state index is 0.211. The number of hydrogen-bond acceptors (Lipinski definition) is 3. The van der Waals surface area contributed by atoms with Crippen LogP contribution in [-0.2, 0) is 0 Å². The molecule has 0 spiro atoms. The van der Waals surface area contributed by atoms with E-state index in [1.165, 1.54) is 23.5 Å². The highest BCUT2D eigenvalue weighted by atomic mass is 79.9. The van der Waals surface area contributed by atoms with Crippen LogP contribution < -0.4 is 0 Å². The molecular formula is C20H11BrFNO2S. The van der Waals surface area contributed by atoms with E-state index < -0.39 is 5.97 Å². The van der Waals surface area contributed by atoms with Crippen molar-refractivity contribution in [2.75, 3.05) is 0 Å². The molecule has 0 atom stereocenters. The molecule has 0 aliphatic heterocycles. The summed E-state index contributed by atoms with van der Waals surface area (Å²) in [5.41, 5.74) is 2.35. The van der Waals surface area contributed by atoms with E-state index in [2.05, 4.69) is 20.9 Å². The van der Waals surface area contributed by atoms with Gasteiger partial charge in [-0.05, 0) is 54.1 Å². The van der Waals surface area contributed by atoms with Crippen LogP contribution in [0.5, 0.6) is 0 Å². The summed E-state index contributed by atoms with van der Waals surface area (Å²) in [7, 11) is 0. The van der Waals surface area contributed by atoms with E-state index in [1.54, 1.807) is 30.3 Å². The summed E-state index contributed by atoms with van der Waals surface area (Å²) in [5.74, 6) is -1.27. The average molecular weight is 428 g/mol. The van der Waals surface area contributed by atoms with E-state index in [0.29, 0.717) is 16.6 Å². The molecule has 2 aromatic heterocycles. The number of carboxylic acid groups (broad SMARTS) is 1. The van der Waals surface area contributed by atoms with E-state index >= 15 is 0 Å². The van der Waals surface area contributed by atoms with Gasteiger partial charge in [-0.15, -0.1) is 11.3 Å². The van der Waals surface area contributed by atoms with Crippen LogP contribution in [0.25, 0.3) is 31.9 Å². The molecule has 0 amide bonds. The van der Waals surface area contributed by atoms with Gasteiger partial charge >= 0.3 is 5.97 Å². The first-order chi connectivity index (χ1) is 12.5. The third-order valence-corrected chi connectivity index (χ3v) is 5.64. The summed E-state index contributed by atoms with van der Waals surface area (Å²) in [5, 5.41) is 10.2. The number of carboxylic acids is 1. The Morgan fingerprint density at radius 2 is 1.73 bits per heavy atom.